The van der Waals surface area contributed by atoms with Crippen molar-refractivity contribution in [3.05, 3.63) is 81.0 Å². The number of hydrogen-bond donors (Lipinski definition) is 1. The average molecular weight is 397 g/mol. The summed E-state index contributed by atoms with van der Waals surface area (Å²) in [6, 6.07) is 14.6. The summed E-state index contributed by atoms with van der Waals surface area (Å²) in [5.74, 6) is -0.369. The topological polar surface area (TPSA) is 110 Å². The number of aryl methyl sites for hydroxylation is 1. The van der Waals surface area contributed by atoms with Gasteiger partial charge in [-0.3, -0.25) is 4.79 Å². The minimum atomic E-state index is -1.67. The van der Waals surface area contributed by atoms with Gasteiger partial charge in [0.1, 0.15) is 22.8 Å². The summed E-state index contributed by atoms with van der Waals surface area (Å²) in [5.41, 5.74) is 6.41. The SMILES string of the molecule is N#CC1=C(N)Oc2c(c(=O)oc3ccccc23)[C@]12C(=O)N1CCCc3cccc2c31. The highest BCUT2D eigenvalue weighted by atomic mass is 16.5. The predicted molar refractivity (Wildman–Crippen MR) is 108 cm³/mol. The molecule has 2 N–H and O–H groups in total. The van der Waals surface area contributed by atoms with Crippen LogP contribution in [0.4, 0.5) is 5.69 Å². The lowest BCUT2D eigenvalue weighted by atomic mass is 9.69. The Bertz CT molecular complexity index is 1430. The summed E-state index contributed by atoms with van der Waals surface area (Å²) in [6.07, 6.45) is 1.62. The third-order valence-corrected chi connectivity index (χ3v) is 6.27. The third kappa shape index (κ3) is 1.75. The number of carbonyl (C=O) groups is 1. The molecular weight excluding hydrogens is 382 g/mol. The number of rotatable bonds is 0. The number of fused-ring (bicyclic) bond motifs is 5. The van der Waals surface area contributed by atoms with Gasteiger partial charge in [-0.15, -0.1) is 0 Å². The molecule has 146 valence electrons. The van der Waals surface area contributed by atoms with Crippen molar-refractivity contribution in [1.82, 2.24) is 0 Å². The molecule has 0 fully saturated rings. The van der Waals surface area contributed by atoms with E-state index in [9.17, 15) is 14.9 Å². The van der Waals surface area contributed by atoms with Crippen LogP contribution in [0.25, 0.3) is 11.0 Å². The standard InChI is InChI=1S/C23H15N3O4/c24-11-15-20(25)30-19-13-7-1-2-9-16(13)29-21(27)17(19)23(15)14-8-3-5-12-6-4-10-26(18(12)14)22(23)28/h1-3,5,7-9H,4,6,10,25H2/t23-/m1/s1. The smallest absolute Gasteiger partial charge is 0.345 e. The van der Waals surface area contributed by atoms with Crippen LogP contribution in [0.1, 0.15) is 23.1 Å². The predicted octanol–water partition coefficient (Wildman–Crippen LogP) is 2.46. The third-order valence-electron chi connectivity index (χ3n) is 6.27. The molecule has 30 heavy (non-hydrogen) atoms. The number of para-hydroxylation sites is 2. The van der Waals surface area contributed by atoms with Crippen molar-refractivity contribution >= 4 is 22.6 Å². The summed E-state index contributed by atoms with van der Waals surface area (Å²) < 4.78 is 11.4. The van der Waals surface area contributed by atoms with Crippen molar-refractivity contribution in [3.8, 4) is 11.8 Å². The van der Waals surface area contributed by atoms with E-state index < -0.39 is 11.0 Å². The van der Waals surface area contributed by atoms with Crippen LogP contribution in [0.5, 0.6) is 5.75 Å². The molecule has 1 spiro atoms. The zero-order chi connectivity index (χ0) is 20.6. The van der Waals surface area contributed by atoms with E-state index in [1.54, 1.807) is 35.2 Å². The molecule has 3 aromatic rings. The number of nitrogens with two attached hydrogens (primary N) is 1. The normalized spacial score (nSPS) is 21.4. The zero-order valence-electron chi connectivity index (χ0n) is 15.8. The maximum Gasteiger partial charge on any atom is 0.345 e. The van der Waals surface area contributed by atoms with Crippen LogP contribution >= 0.6 is 0 Å². The van der Waals surface area contributed by atoms with Crippen molar-refractivity contribution in [2.45, 2.75) is 18.3 Å². The number of nitrogens with zero attached hydrogens (tertiary/aromatic N) is 2. The van der Waals surface area contributed by atoms with E-state index in [1.807, 2.05) is 12.1 Å². The van der Waals surface area contributed by atoms with Crippen LogP contribution in [-0.4, -0.2) is 12.5 Å². The minimum absolute atomic E-state index is 0.0137. The maximum absolute atomic E-state index is 14.0. The van der Waals surface area contributed by atoms with E-state index in [1.165, 1.54) is 0 Å². The molecule has 0 saturated carbocycles. The largest absolute Gasteiger partial charge is 0.439 e. The molecule has 0 unspecified atom stereocenters. The second-order valence-electron chi connectivity index (χ2n) is 7.67. The number of ether oxygens (including phenoxy) is 1. The molecule has 3 aliphatic rings. The minimum Gasteiger partial charge on any atom is -0.439 e. The van der Waals surface area contributed by atoms with Crippen LogP contribution in [0.15, 0.2) is 63.1 Å². The Morgan fingerprint density at radius 2 is 1.97 bits per heavy atom. The van der Waals surface area contributed by atoms with Crippen molar-refractivity contribution in [2.24, 2.45) is 5.73 Å². The van der Waals surface area contributed by atoms with Crippen LogP contribution in [0.2, 0.25) is 0 Å². The molecular formula is C23H15N3O4. The monoisotopic (exact) mass is 397 g/mol. The van der Waals surface area contributed by atoms with E-state index in [4.69, 9.17) is 14.9 Å². The molecule has 7 heteroatoms. The zero-order valence-corrected chi connectivity index (χ0v) is 15.8. The fraction of sp³-hybridized carbons (Fsp3) is 0.174. The first-order valence-electron chi connectivity index (χ1n) is 9.68. The number of hydrogen-bond acceptors (Lipinski definition) is 6. The molecule has 4 heterocycles. The Morgan fingerprint density at radius 3 is 2.80 bits per heavy atom. The van der Waals surface area contributed by atoms with Gasteiger partial charge in [0.15, 0.2) is 11.2 Å². The summed E-state index contributed by atoms with van der Waals surface area (Å²) in [4.78, 5) is 28.9. The number of benzene rings is 2. The average Bonchev–Trinajstić information content (AvgIpc) is 2.99. The molecule has 0 bridgehead atoms. The lowest BCUT2D eigenvalue weighted by molar-refractivity contribution is -0.121. The molecule has 0 radical (unpaired) electrons. The summed E-state index contributed by atoms with van der Waals surface area (Å²) in [6.45, 7) is 0.512. The van der Waals surface area contributed by atoms with E-state index in [0.29, 0.717) is 23.1 Å². The Balaban J connectivity index is 1.84. The van der Waals surface area contributed by atoms with Crippen molar-refractivity contribution in [3.63, 3.8) is 0 Å². The molecule has 3 aliphatic heterocycles. The lowest BCUT2D eigenvalue weighted by Crippen LogP contribution is -2.48. The van der Waals surface area contributed by atoms with Crippen molar-refractivity contribution in [1.29, 1.82) is 5.26 Å². The molecule has 0 saturated heterocycles. The van der Waals surface area contributed by atoms with Crippen LogP contribution in [0.3, 0.4) is 0 Å². The first-order valence-corrected chi connectivity index (χ1v) is 9.68. The number of amides is 1. The van der Waals surface area contributed by atoms with E-state index >= 15 is 0 Å². The highest BCUT2D eigenvalue weighted by Crippen LogP contribution is 2.56. The highest BCUT2D eigenvalue weighted by molar-refractivity contribution is 6.15. The lowest BCUT2D eigenvalue weighted by Gasteiger charge is -2.33. The van der Waals surface area contributed by atoms with Gasteiger partial charge in [0.05, 0.1) is 11.1 Å². The van der Waals surface area contributed by atoms with Gasteiger partial charge in [0.2, 0.25) is 11.8 Å². The van der Waals surface area contributed by atoms with Crippen molar-refractivity contribution < 1.29 is 13.9 Å². The molecule has 7 nitrogen and oxygen atoms in total. The van der Waals surface area contributed by atoms with Gasteiger partial charge in [0, 0.05) is 12.1 Å². The van der Waals surface area contributed by atoms with Gasteiger partial charge in [-0.25, -0.2) is 4.79 Å². The highest BCUT2D eigenvalue weighted by Gasteiger charge is 2.61. The van der Waals surface area contributed by atoms with Gasteiger partial charge < -0.3 is 19.8 Å². The number of anilines is 1. The van der Waals surface area contributed by atoms with E-state index in [-0.39, 0.29) is 28.7 Å². The molecule has 1 aromatic heterocycles. The maximum atomic E-state index is 14.0. The number of carbonyl (C=O) groups excluding carboxylic acids is 1. The second kappa shape index (κ2) is 5.51. The fourth-order valence-corrected chi connectivity index (χ4v) is 5.12. The van der Waals surface area contributed by atoms with Gasteiger partial charge in [-0.05, 0) is 30.5 Å². The molecule has 1 amide bonds. The Kier molecular flexibility index (Phi) is 3.10. The van der Waals surface area contributed by atoms with Crippen LogP contribution < -0.4 is 21.0 Å². The summed E-state index contributed by atoms with van der Waals surface area (Å²) in [7, 11) is 0. The molecule has 2 aromatic carbocycles. The van der Waals surface area contributed by atoms with Gasteiger partial charge in [-0.1, -0.05) is 30.3 Å². The van der Waals surface area contributed by atoms with Crippen LogP contribution in [-0.2, 0) is 16.6 Å². The summed E-state index contributed by atoms with van der Waals surface area (Å²) in [5, 5.41) is 10.6. The Labute approximate surface area is 170 Å². The first kappa shape index (κ1) is 16.9. The van der Waals surface area contributed by atoms with E-state index in [0.717, 1.165) is 24.1 Å². The van der Waals surface area contributed by atoms with Crippen molar-refractivity contribution in [2.75, 3.05) is 11.4 Å². The first-order chi connectivity index (χ1) is 14.6. The quantitative estimate of drug-likeness (QED) is 0.584. The molecule has 1 atom stereocenters. The van der Waals surface area contributed by atoms with Gasteiger partial charge >= 0.3 is 5.63 Å². The fourth-order valence-electron chi connectivity index (χ4n) is 5.12. The molecule has 0 aliphatic carbocycles. The Hall–Kier alpha value is -4.05. The summed E-state index contributed by atoms with van der Waals surface area (Å²) >= 11 is 0. The van der Waals surface area contributed by atoms with Gasteiger partial charge in [0.25, 0.3) is 0 Å². The van der Waals surface area contributed by atoms with E-state index in [2.05, 4.69) is 6.07 Å². The van der Waals surface area contributed by atoms with Crippen LogP contribution in [0, 0.1) is 11.3 Å². The Morgan fingerprint density at radius 1 is 1.13 bits per heavy atom. The number of nitriles is 1. The second-order valence-corrected chi connectivity index (χ2v) is 7.67. The van der Waals surface area contributed by atoms with Gasteiger partial charge in [-0.2, -0.15) is 5.26 Å². The molecule has 6 rings (SSSR count).